The van der Waals surface area contributed by atoms with Gasteiger partial charge in [-0.15, -0.1) is 0 Å². The third kappa shape index (κ3) is 6.98. The molecule has 2 aromatic carbocycles. The molecule has 0 atom stereocenters. The second-order valence-corrected chi connectivity index (χ2v) is 9.36. The van der Waals surface area contributed by atoms with Gasteiger partial charge in [0.25, 0.3) is 15.6 Å². The van der Waals surface area contributed by atoms with E-state index in [1.807, 2.05) is 22.9 Å². The van der Waals surface area contributed by atoms with Gasteiger partial charge in [0, 0.05) is 12.5 Å². The number of hydrogen-bond acceptors (Lipinski definition) is 6. The summed E-state index contributed by atoms with van der Waals surface area (Å²) in [5, 5.41) is 3.34. The van der Waals surface area contributed by atoms with Crippen LogP contribution >= 0.6 is 0 Å². The van der Waals surface area contributed by atoms with Crippen LogP contribution in [0.3, 0.4) is 0 Å². The van der Waals surface area contributed by atoms with E-state index < -0.39 is 16.1 Å². The van der Waals surface area contributed by atoms with Crippen molar-refractivity contribution in [2.75, 3.05) is 0 Å². The Morgan fingerprint density at radius 1 is 1.06 bits per heavy atom. The zero-order valence-corrected chi connectivity index (χ0v) is 18.8. The van der Waals surface area contributed by atoms with Crippen LogP contribution in [-0.4, -0.2) is 36.7 Å². The number of aromatic amines is 1. The molecule has 0 aliphatic heterocycles. The average Bonchev–Trinajstić information content (AvgIpc) is 2.81. The van der Waals surface area contributed by atoms with Crippen LogP contribution in [0.1, 0.15) is 37.7 Å². The minimum absolute atomic E-state index is 0.000873. The van der Waals surface area contributed by atoms with E-state index in [0.29, 0.717) is 5.39 Å². The van der Waals surface area contributed by atoms with E-state index >= 15 is 0 Å². The SMILES string of the molecule is O=CCc1ccc(S(=O)(=O)NC(=O)NC2CCCCC2)cc1.O=c1[nH]cnc2ccccc12. The lowest BCUT2D eigenvalue weighted by atomic mass is 9.96. The number of nitrogens with zero attached hydrogens (tertiary/aromatic N) is 1. The first-order valence-corrected chi connectivity index (χ1v) is 12.2. The number of rotatable bonds is 5. The first kappa shape index (κ1) is 24.1. The maximum Gasteiger partial charge on any atom is 0.328 e. The molecular formula is C23H26N4O5S. The average molecular weight is 471 g/mol. The first-order chi connectivity index (χ1) is 15.9. The quantitative estimate of drug-likeness (QED) is 0.490. The molecular weight excluding hydrogens is 444 g/mol. The van der Waals surface area contributed by atoms with Crippen LogP contribution in [0.5, 0.6) is 0 Å². The highest BCUT2D eigenvalue weighted by Crippen LogP contribution is 2.17. The molecule has 33 heavy (non-hydrogen) atoms. The van der Waals surface area contributed by atoms with Crippen molar-refractivity contribution in [1.29, 1.82) is 0 Å². The van der Waals surface area contributed by atoms with Gasteiger partial charge >= 0.3 is 6.03 Å². The molecule has 1 saturated carbocycles. The van der Waals surface area contributed by atoms with Gasteiger partial charge in [-0.25, -0.2) is 22.9 Å². The normalized spacial score (nSPS) is 14.1. The number of hydrogen-bond donors (Lipinski definition) is 3. The topological polar surface area (TPSA) is 138 Å². The van der Waals surface area contributed by atoms with Crippen LogP contribution in [0.15, 0.2) is 64.5 Å². The number of urea groups is 1. The monoisotopic (exact) mass is 470 g/mol. The molecule has 10 heteroatoms. The number of fused-ring (bicyclic) bond motifs is 1. The number of para-hydroxylation sites is 1. The van der Waals surface area contributed by atoms with Crippen molar-refractivity contribution in [2.24, 2.45) is 0 Å². The molecule has 0 spiro atoms. The maximum atomic E-state index is 12.1. The van der Waals surface area contributed by atoms with Crippen molar-refractivity contribution >= 4 is 33.2 Å². The number of aldehydes is 1. The van der Waals surface area contributed by atoms with Crippen LogP contribution in [0.2, 0.25) is 0 Å². The summed E-state index contributed by atoms with van der Waals surface area (Å²) in [6.07, 6.45) is 7.42. The Morgan fingerprint density at radius 2 is 1.76 bits per heavy atom. The lowest BCUT2D eigenvalue weighted by molar-refractivity contribution is -0.107. The third-order valence-electron chi connectivity index (χ3n) is 5.27. The van der Waals surface area contributed by atoms with Crippen molar-refractivity contribution in [3.63, 3.8) is 0 Å². The predicted molar refractivity (Wildman–Crippen MR) is 124 cm³/mol. The summed E-state index contributed by atoms with van der Waals surface area (Å²) in [7, 11) is -3.89. The predicted octanol–water partition coefficient (Wildman–Crippen LogP) is 2.67. The van der Waals surface area contributed by atoms with Crippen molar-refractivity contribution in [1.82, 2.24) is 20.0 Å². The van der Waals surface area contributed by atoms with Crippen molar-refractivity contribution < 1.29 is 18.0 Å². The van der Waals surface area contributed by atoms with Crippen LogP contribution < -0.4 is 15.6 Å². The summed E-state index contributed by atoms with van der Waals surface area (Å²) in [5.41, 5.74) is 1.37. The molecule has 1 aromatic heterocycles. The molecule has 3 aromatic rings. The number of carbonyl (C=O) groups is 2. The smallest absolute Gasteiger partial charge is 0.328 e. The van der Waals surface area contributed by atoms with Crippen LogP contribution in [0.4, 0.5) is 4.79 Å². The van der Waals surface area contributed by atoms with E-state index in [9.17, 15) is 22.8 Å². The summed E-state index contributed by atoms with van der Waals surface area (Å²) in [6, 6.07) is 12.5. The minimum atomic E-state index is -3.89. The minimum Gasteiger partial charge on any atom is -0.335 e. The van der Waals surface area contributed by atoms with Gasteiger partial charge in [0.05, 0.1) is 22.1 Å². The molecule has 3 N–H and O–H groups in total. The molecule has 174 valence electrons. The second-order valence-electron chi connectivity index (χ2n) is 7.68. The molecule has 0 radical (unpaired) electrons. The van der Waals surface area contributed by atoms with Crippen LogP contribution in [0, 0.1) is 0 Å². The lowest BCUT2D eigenvalue weighted by Gasteiger charge is -2.22. The third-order valence-corrected chi connectivity index (χ3v) is 6.61. The Hall–Kier alpha value is -3.53. The Kier molecular flexibility index (Phi) is 8.31. The van der Waals surface area contributed by atoms with Gasteiger partial charge in [0.1, 0.15) is 6.29 Å². The number of benzene rings is 2. The van der Waals surface area contributed by atoms with E-state index in [4.69, 9.17) is 0 Å². The zero-order chi connectivity index (χ0) is 23.7. The van der Waals surface area contributed by atoms with Crippen LogP contribution in [0.25, 0.3) is 10.9 Å². The summed E-state index contributed by atoms with van der Waals surface area (Å²) < 4.78 is 26.2. The molecule has 1 aliphatic carbocycles. The van der Waals surface area contributed by atoms with E-state index in [2.05, 4.69) is 15.3 Å². The fourth-order valence-electron chi connectivity index (χ4n) is 3.56. The summed E-state index contributed by atoms with van der Waals surface area (Å²) in [4.78, 5) is 39.8. The molecule has 4 rings (SSSR count). The van der Waals surface area contributed by atoms with E-state index in [1.54, 1.807) is 18.2 Å². The van der Waals surface area contributed by atoms with Gasteiger partial charge in [-0.3, -0.25) is 4.79 Å². The zero-order valence-electron chi connectivity index (χ0n) is 18.0. The fraction of sp³-hybridized carbons (Fsp3) is 0.304. The Balaban J connectivity index is 0.000000231. The highest BCUT2D eigenvalue weighted by molar-refractivity contribution is 7.90. The summed E-state index contributed by atoms with van der Waals surface area (Å²) in [5.74, 6) is 0. The Bertz CT molecular complexity index is 1240. The fourth-order valence-corrected chi connectivity index (χ4v) is 4.48. The van der Waals surface area contributed by atoms with Gasteiger partial charge in [-0.05, 0) is 42.7 Å². The molecule has 0 bridgehead atoms. The number of aromatic nitrogens is 2. The number of nitrogens with one attached hydrogen (secondary N) is 3. The molecule has 1 aliphatic rings. The second kappa shape index (κ2) is 11.4. The number of carbonyl (C=O) groups excluding carboxylic acids is 2. The van der Waals surface area contributed by atoms with Crippen molar-refractivity contribution in [2.45, 2.75) is 49.5 Å². The molecule has 1 heterocycles. The maximum absolute atomic E-state index is 12.1. The van der Waals surface area contributed by atoms with E-state index in [0.717, 1.165) is 49.5 Å². The highest BCUT2D eigenvalue weighted by atomic mass is 32.2. The molecule has 9 nitrogen and oxygen atoms in total. The van der Waals surface area contributed by atoms with Gasteiger partial charge in [0.15, 0.2) is 0 Å². The molecule has 2 amide bonds. The van der Waals surface area contributed by atoms with Crippen molar-refractivity contribution in [3.8, 4) is 0 Å². The van der Waals surface area contributed by atoms with Gasteiger partial charge < -0.3 is 15.1 Å². The summed E-state index contributed by atoms with van der Waals surface area (Å²) >= 11 is 0. The standard InChI is InChI=1S/C15H20N2O4S.C8H6N2O/c18-11-10-12-6-8-14(9-7-12)22(20,21)17-15(19)16-13-4-2-1-3-5-13;11-8-6-3-1-2-4-7(6)9-5-10-8/h6-9,11,13H,1-5,10H2,(H2,16,17,19);1-5H,(H,9,10,11). The first-order valence-electron chi connectivity index (χ1n) is 10.7. The van der Waals surface area contributed by atoms with Crippen molar-refractivity contribution in [3.05, 3.63) is 70.8 Å². The molecule has 0 saturated heterocycles. The Labute approximate surface area is 191 Å². The summed E-state index contributed by atoms with van der Waals surface area (Å²) in [6.45, 7) is 0. The lowest BCUT2D eigenvalue weighted by Crippen LogP contribution is -2.45. The largest absolute Gasteiger partial charge is 0.335 e. The van der Waals surface area contributed by atoms with E-state index in [-0.39, 0.29) is 22.9 Å². The van der Waals surface area contributed by atoms with Gasteiger partial charge in [-0.1, -0.05) is 43.5 Å². The van der Waals surface area contributed by atoms with Gasteiger partial charge in [0.2, 0.25) is 0 Å². The highest BCUT2D eigenvalue weighted by Gasteiger charge is 2.21. The van der Waals surface area contributed by atoms with Crippen LogP contribution in [-0.2, 0) is 21.2 Å². The molecule has 0 unspecified atom stereocenters. The molecule has 1 fully saturated rings. The van der Waals surface area contributed by atoms with E-state index in [1.165, 1.54) is 18.5 Å². The number of amides is 2. The number of H-pyrrole nitrogens is 1. The Morgan fingerprint density at radius 3 is 2.42 bits per heavy atom. The van der Waals surface area contributed by atoms with Gasteiger partial charge in [-0.2, -0.15) is 0 Å². The number of sulfonamides is 1.